The molecular formula is C10H9F7. The zero-order valence-corrected chi connectivity index (χ0v) is 8.66. The summed E-state index contributed by atoms with van der Waals surface area (Å²) in [5.41, 5.74) is -4.28. The quantitative estimate of drug-likeness (QED) is 0.670. The molecule has 0 aromatic rings. The van der Waals surface area contributed by atoms with Gasteiger partial charge in [-0.3, -0.25) is 0 Å². The van der Waals surface area contributed by atoms with Gasteiger partial charge in [-0.2, -0.15) is 8.78 Å². The van der Waals surface area contributed by atoms with Crippen molar-refractivity contribution in [3.63, 3.8) is 0 Å². The van der Waals surface area contributed by atoms with Gasteiger partial charge in [-0.15, -0.1) is 0 Å². The highest BCUT2D eigenvalue weighted by Crippen LogP contribution is 2.47. The topological polar surface area (TPSA) is 0 Å². The molecule has 1 rings (SSSR count). The van der Waals surface area contributed by atoms with Crippen LogP contribution in [0.15, 0.2) is 23.8 Å². The SMILES string of the molecule is CCC(F)C(F)(F)C1(F)C=C(F)C(F)C=C1F. The van der Waals surface area contributed by atoms with Gasteiger partial charge in [0.2, 0.25) is 5.67 Å². The van der Waals surface area contributed by atoms with Gasteiger partial charge in [-0.05, 0) is 12.5 Å². The molecule has 0 aliphatic heterocycles. The highest BCUT2D eigenvalue weighted by atomic mass is 19.3. The summed E-state index contributed by atoms with van der Waals surface area (Å²) in [5.74, 6) is -8.94. The summed E-state index contributed by atoms with van der Waals surface area (Å²) in [7, 11) is 0. The Bertz CT molecular complexity index is 360. The first-order valence-corrected chi connectivity index (χ1v) is 4.77. The molecule has 3 unspecified atom stereocenters. The first-order chi connectivity index (χ1) is 7.66. The van der Waals surface area contributed by atoms with Crippen molar-refractivity contribution in [2.45, 2.75) is 37.3 Å². The van der Waals surface area contributed by atoms with Crippen molar-refractivity contribution in [2.24, 2.45) is 0 Å². The zero-order valence-electron chi connectivity index (χ0n) is 8.66. The van der Waals surface area contributed by atoms with E-state index in [2.05, 4.69) is 0 Å². The van der Waals surface area contributed by atoms with Crippen LogP contribution in [-0.2, 0) is 0 Å². The molecule has 3 atom stereocenters. The Balaban J connectivity index is 3.23. The van der Waals surface area contributed by atoms with Crippen molar-refractivity contribution in [2.75, 3.05) is 0 Å². The Morgan fingerprint density at radius 2 is 1.94 bits per heavy atom. The van der Waals surface area contributed by atoms with Gasteiger partial charge in [0.25, 0.3) is 0 Å². The van der Waals surface area contributed by atoms with Crippen LogP contribution in [0.2, 0.25) is 0 Å². The predicted molar refractivity (Wildman–Crippen MR) is 47.3 cm³/mol. The lowest BCUT2D eigenvalue weighted by Crippen LogP contribution is -2.51. The number of hydrogen-bond donors (Lipinski definition) is 0. The maximum absolute atomic E-state index is 13.7. The monoisotopic (exact) mass is 262 g/mol. The third kappa shape index (κ3) is 2.07. The largest absolute Gasteiger partial charge is 0.322 e. The molecule has 1 aliphatic carbocycles. The Hall–Kier alpha value is -1.01. The Labute approximate surface area is 92.8 Å². The van der Waals surface area contributed by atoms with E-state index in [0.29, 0.717) is 0 Å². The molecule has 98 valence electrons. The second-order valence-corrected chi connectivity index (χ2v) is 3.66. The van der Waals surface area contributed by atoms with Crippen LogP contribution in [-0.4, -0.2) is 23.9 Å². The van der Waals surface area contributed by atoms with Crippen LogP contribution in [0.3, 0.4) is 0 Å². The number of hydrogen-bond acceptors (Lipinski definition) is 0. The lowest BCUT2D eigenvalue weighted by molar-refractivity contribution is -0.154. The summed E-state index contributed by atoms with van der Waals surface area (Å²) in [5, 5.41) is 0. The minimum Gasteiger partial charge on any atom is -0.241 e. The highest BCUT2D eigenvalue weighted by molar-refractivity contribution is 5.35. The lowest BCUT2D eigenvalue weighted by Gasteiger charge is -2.33. The molecule has 0 spiro atoms. The van der Waals surface area contributed by atoms with Gasteiger partial charge in [0, 0.05) is 6.08 Å². The summed E-state index contributed by atoms with van der Waals surface area (Å²) in [4.78, 5) is 0. The standard InChI is InChI=1S/C10H9F7/c1-2-7(13)10(16,17)9(15)4-6(12)5(11)3-8(9)14/h3-5,7H,2H2,1H3. The molecule has 0 aromatic heterocycles. The van der Waals surface area contributed by atoms with E-state index in [4.69, 9.17) is 0 Å². The maximum Gasteiger partial charge on any atom is 0.322 e. The van der Waals surface area contributed by atoms with Gasteiger partial charge in [-0.25, -0.2) is 22.0 Å². The van der Waals surface area contributed by atoms with E-state index in [-0.39, 0.29) is 6.08 Å². The number of halogens is 7. The average Bonchev–Trinajstić information content (AvgIpc) is 2.25. The number of allylic oxidation sites excluding steroid dienone is 4. The van der Waals surface area contributed by atoms with Crippen LogP contribution < -0.4 is 0 Å². The van der Waals surface area contributed by atoms with E-state index in [9.17, 15) is 30.7 Å². The maximum atomic E-state index is 13.7. The van der Waals surface area contributed by atoms with Crippen molar-refractivity contribution >= 4 is 0 Å². The predicted octanol–water partition coefficient (Wildman–Crippen LogP) is 4.14. The van der Waals surface area contributed by atoms with Crippen molar-refractivity contribution in [1.29, 1.82) is 0 Å². The zero-order chi connectivity index (χ0) is 13.4. The van der Waals surface area contributed by atoms with Gasteiger partial charge in [0.05, 0.1) is 0 Å². The molecule has 0 amide bonds. The number of rotatable bonds is 3. The fraction of sp³-hybridized carbons (Fsp3) is 0.600. The molecule has 0 heterocycles. The van der Waals surface area contributed by atoms with Gasteiger partial charge in [0.1, 0.15) is 11.7 Å². The molecule has 0 nitrogen and oxygen atoms in total. The first-order valence-electron chi connectivity index (χ1n) is 4.77. The molecule has 0 fully saturated rings. The second kappa shape index (κ2) is 4.34. The molecule has 1 aliphatic rings. The lowest BCUT2D eigenvalue weighted by atomic mass is 9.87. The third-order valence-corrected chi connectivity index (χ3v) is 2.48. The van der Waals surface area contributed by atoms with Crippen molar-refractivity contribution < 1.29 is 30.7 Å². The van der Waals surface area contributed by atoms with Gasteiger partial charge in [-0.1, -0.05) is 6.92 Å². The Kier molecular flexibility index (Phi) is 3.59. The van der Waals surface area contributed by atoms with Crippen LogP contribution in [0.4, 0.5) is 30.7 Å². The van der Waals surface area contributed by atoms with E-state index < -0.39 is 48.1 Å². The third-order valence-electron chi connectivity index (χ3n) is 2.48. The first kappa shape index (κ1) is 14.1. The molecular weight excluding hydrogens is 253 g/mol. The number of alkyl halides is 5. The normalized spacial score (nSPS) is 31.9. The van der Waals surface area contributed by atoms with E-state index in [0.717, 1.165) is 6.92 Å². The van der Waals surface area contributed by atoms with Crippen molar-refractivity contribution in [3.8, 4) is 0 Å². The molecule has 0 N–H and O–H groups in total. The molecule has 17 heavy (non-hydrogen) atoms. The van der Waals surface area contributed by atoms with Crippen molar-refractivity contribution in [1.82, 2.24) is 0 Å². The summed E-state index contributed by atoms with van der Waals surface area (Å²) >= 11 is 0. The van der Waals surface area contributed by atoms with Gasteiger partial charge >= 0.3 is 5.92 Å². The summed E-state index contributed by atoms with van der Waals surface area (Å²) < 4.78 is 91.5. The molecule has 0 aromatic carbocycles. The molecule has 0 radical (unpaired) electrons. The van der Waals surface area contributed by atoms with Crippen LogP contribution in [0, 0.1) is 0 Å². The highest BCUT2D eigenvalue weighted by Gasteiger charge is 2.63. The van der Waals surface area contributed by atoms with E-state index >= 15 is 0 Å². The summed E-state index contributed by atoms with van der Waals surface area (Å²) in [6.45, 7) is 0.990. The fourth-order valence-electron chi connectivity index (χ4n) is 1.41. The Morgan fingerprint density at radius 3 is 2.41 bits per heavy atom. The van der Waals surface area contributed by atoms with E-state index in [1.54, 1.807) is 0 Å². The molecule has 0 saturated heterocycles. The summed E-state index contributed by atoms with van der Waals surface area (Å²) in [6, 6.07) is 0. The Morgan fingerprint density at radius 1 is 1.41 bits per heavy atom. The molecule has 7 heteroatoms. The van der Waals surface area contributed by atoms with E-state index in [1.807, 2.05) is 0 Å². The van der Waals surface area contributed by atoms with Crippen LogP contribution >= 0.6 is 0 Å². The average molecular weight is 262 g/mol. The van der Waals surface area contributed by atoms with Crippen LogP contribution in [0.25, 0.3) is 0 Å². The fourth-order valence-corrected chi connectivity index (χ4v) is 1.41. The van der Waals surface area contributed by atoms with Gasteiger partial charge < -0.3 is 0 Å². The van der Waals surface area contributed by atoms with E-state index in [1.165, 1.54) is 0 Å². The molecule has 0 saturated carbocycles. The molecule has 0 bridgehead atoms. The van der Waals surface area contributed by atoms with Crippen LogP contribution in [0.5, 0.6) is 0 Å². The van der Waals surface area contributed by atoms with Gasteiger partial charge in [0.15, 0.2) is 12.3 Å². The smallest absolute Gasteiger partial charge is 0.241 e. The summed E-state index contributed by atoms with van der Waals surface area (Å²) in [6.07, 6.45) is -7.25. The second-order valence-electron chi connectivity index (χ2n) is 3.66. The van der Waals surface area contributed by atoms with Crippen molar-refractivity contribution in [3.05, 3.63) is 23.8 Å². The minimum atomic E-state index is -4.81. The van der Waals surface area contributed by atoms with Crippen LogP contribution in [0.1, 0.15) is 13.3 Å². The minimum absolute atomic E-state index is 0.272.